The molecule has 0 atom stereocenters. The molecule has 5 nitrogen and oxygen atoms in total. The van der Waals surface area contributed by atoms with Gasteiger partial charge >= 0.3 is 5.97 Å². The third-order valence-corrected chi connectivity index (χ3v) is 3.77. The third kappa shape index (κ3) is 2.76. The van der Waals surface area contributed by atoms with Crippen molar-refractivity contribution in [2.24, 2.45) is 0 Å². The van der Waals surface area contributed by atoms with E-state index in [2.05, 4.69) is 22.0 Å². The highest BCUT2D eigenvalue weighted by atomic mass is 16.4. The van der Waals surface area contributed by atoms with Crippen molar-refractivity contribution in [1.29, 1.82) is 0 Å². The maximum absolute atomic E-state index is 11.7. The van der Waals surface area contributed by atoms with Crippen LogP contribution >= 0.6 is 0 Å². The summed E-state index contributed by atoms with van der Waals surface area (Å²) in [4.78, 5) is 13.9. The Kier molecular flexibility index (Phi) is 4.57. The van der Waals surface area contributed by atoms with Crippen LogP contribution in [0.25, 0.3) is 0 Å². The maximum atomic E-state index is 11.7. The van der Waals surface area contributed by atoms with E-state index in [-0.39, 0.29) is 0 Å². The molecule has 0 bridgehead atoms. The van der Waals surface area contributed by atoms with Crippen molar-refractivity contribution in [3.05, 3.63) is 16.8 Å². The Morgan fingerprint density at radius 2 is 1.95 bits per heavy atom. The smallest absolute Gasteiger partial charge is 0.339 e. The minimum absolute atomic E-state index is 0.361. The van der Waals surface area contributed by atoms with Crippen LogP contribution in [0.15, 0.2) is 0 Å². The number of anilines is 1. The number of hydrogen-bond acceptors (Lipinski definition) is 4. The van der Waals surface area contributed by atoms with Crippen molar-refractivity contribution in [2.45, 2.75) is 58.9 Å². The number of rotatable bonds is 7. The first-order valence-electron chi connectivity index (χ1n) is 7.52. The molecule has 1 aromatic rings. The van der Waals surface area contributed by atoms with E-state index in [4.69, 9.17) is 0 Å². The van der Waals surface area contributed by atoms with Gasteiger partial charge in [-0.3, -0.25) is 0 Å². The molecule has 1 aliphatic rings. The molecule has 1 fully saturated rings. The number of nitrogens with zero attached hydrogens (tertiary/aromatic N) is 3. The summed E-state index contributed by atoms with van der Waals surface area (Å²) < 4.78 is 0. The van der Waals surface area contributed by atoms with E-state index >= 15 is 0 Å². The Hall–Kier alpha value is -1.65. The zero-order valence-corrected chi connectivity index (χ0v) is 12.5. The summed E-state index contributed by atoms with van der Waals surface area (Å²) in [5, 5.41) is 18.1. The molecule has 2 rings (SSSR count). The van der Waals surface area contributed by atoms with Crippen LogP contribution in [0.2, 0.25) is 0 Å². The molecule has 0 aliphatic heterocycles. The number of hydrogen-bond donors (Lipinski definition) is 1. The summed E-state index contributed by atoms with van der Waals surface area (Å²) in [6.45, 7) is 6.91. The van der Waals surface area contributed by atoms with Crippen molar-refractivity contribution >= 4 is 11.8 Å². The van der Waals surface area contributed by atoms with Crippen LogP contribution in [0, 0.1) is 0 Å². The van der Waals surface area contributed by atoms with E-state index in [0.717, 1.165) is 37.1 Å². The minimum Gasteiger partial charge on any atom is -0.478 e. The fraction of sp³-hybridized carbons (Fsp3) is 0.667. The molecule has 5 heteroatoms. The summed E-state index contributed by atoms with van der Waals surface area (Å²) in [6.07, 6.45) is 4.62. The topological polar surface area (TPSA) is 66.3 Å². The van der Waals surface area contributed by atoms with Gasteiger partial charge in [0.2, 0.25) is 0 Å². The molecule has 1 saturated carbocycles. The predicted molar refractivity (Wildman–Crippen MR) is 78.4 cm³/mol. The predicted octanol–water partition coefficient (Wildman–Crippen LogP) is 2.68. The molecule has 110 valence electrons. The van der Waals surface area contributed by atoms with Gasteiger partial charge < -0.3 is 10.0 Å². The molecule has 0 aromatic carbocycles. The standard InChI is InChI=1S/C15H23N3O2/c1-4-9-18(10-7-8-10)14-13(15(19)20)11(5-2)12(6-3)16-17-14/h10H,4-9H2,1-3H3,(H,19,20). The van der Waals surface area contributed by atoms with Gasteiger partial charge in [-0.15, -0.1) is 5.10 Å². The van der Waals surface area contributed by atoms with Crippen LogP contribution in [0.3, 0.4) is 0 Å². The second-order valence-corrected chi connectivity index (χ2v) is 5.26. The molecule has 1 aromatic heterocycles. The van der Waals surface area contributed by atoms with E-state index in [1.165, 1.54) is 0 Å². The van der Waals surface area contributed by atoms with Gasteiger partial charge in [-0.1, -0.05) is 20.8 Å². The summed E-state index contributed by atoms with van der Waals surface area (Å²) in [5.74, 6) is -0.320. The van der Waals surface area contributed by atoms with Crippen LogP contribution < -0.4 is 4.90 Å². The number of aryl methyl sites for hydroxylation is 1. The van der Waals surface area contributed by atoms with E-state index in [1.807, 2.05) is 13.8 Å². The summed E-state index contributed by atoms with van der Waals surface area (Å²) in [7, 11) is 0. The van der Waals surface area contributed by atoms with Crippen molar-refractivity contribution in [3.63, 3.8) is 0 Å². The van der Waals surface area contributed by atoms with Gasteiger partial charge in [0.05, 0.1) is 5.69 Å². The van der Waals surface area contributed by atoms with Gasteiger partial charge in [-0.2, -0.15) is 5.10 Å². The maximum Gasteiger partial charge on any atom is 0.339 e. The lowest BCUT2D eigenvalue weighted by molar-refractivity contribution is 0.0695. The fourth-order valence-electron chi connectivity index (χ4n) is 2.68. The lowest BCUT2D eigenvalue weighted by Gasteiger charge is -2.25. The van der Waals surface area contributed by atoms with Gasteiger partial charge in [0.25, 0.3) is 0 Å². The summed E-state index contributed by atoms with van der Waals surface area (Å²) >= 11 is 0. The molecule has 0 unspecified atom stereocenters. The molecular formula is C15H23N3O2. The molecule has 0 radical (unpaired) electrons. The van der Waals surface area contributed by atoms with Crippen molar-refractivity contribution in [1.82, 2.24) is 10.2 Å². The van der Waals surface area contributed by atoms with Crippen LogP contribution in [0.1, 0.15) is 61.6 Å². The normalized spacial score (nSPS) is 14.3. The first-order chi connectivity index (χ1) is 9.63. The van der Waals surface area contributed by atoms with Gasteiger partial charge in [0.1, 0.15) is 5.56 Å². The van der Waals surface area contributed by atoms with Crippen molar-refractivity contribution in [3.8, 4) is 0 Å². The highest BCUT2D eigenvalue weighted by Crippen LogP contribution is 2.34. The van der Waals surface area contributed by atoms with Crippen LogP contribution in [-0.4, -0.2) is 33.9 Å². The number of carbonyl (C=O) groups is 1. The Labute approximate surface area is 120 Å². The Balaban J connectivity index is 2.53. The van der Waals surface area contributed by atoms with Gasteiger partial charge in [0.15, 0.2) is 5.82 Å². The Bertz CT molecular complexity index is 498. The van der Waals surface area contributed by atoms with E-state index in [9.17, 15) is 9.90 Å². The van der Waals surface area contributed by atoms with E-state index in [1.54, 1.807) is 0 Å². The lowest BCUT2D eigenvalue weighted by atomic mass is 10.0. The average molecular weight is 277 g/mol. The fourth-order valence-corrected chi connectivity index (χ4v) is 2.68. The number of carboxylic acid groups (broad SMARTS) is 1. The highest BCUT2D eigenvalue weighted by molar-refractivity contribution is 5.95. The molecule has 0 amide bonds. The van der Waals surface area contributed by atoms with E-state index in [0.29, 0.717) is 30.3 Å². The Morgan fingerprint density at radius 1 is 1.25 bits per heavy atom. The third-order valence-electron chi connectivity index (χ3n) is 3.77. The largest absolute Gasteiger partial charge is 0.478 e. The van der Waals surface area contributed by atoms with Gasteiger partial charge in [-0.25, -0.2) is 4.79 Å². The molecule has 1 heterocycles. The first-order valence-corrected chi connectivity index (χ1v) is 7.52. The van der Waals surface area contributed by atoms with E-state index < -0.39 is 5.97 Å². The summed E-state index contributed by atoms with van der Waals surface area (Å²) in [5.41, 5.74) is 2.01. The highest BCUT2D eigenvalue weighted by Gasteiger charge is 2.33. The molecule has 20 heavy (non-hydrogen) atoms. The average Bonchev–Trinajstić information content (AvgIpc) is 3.27. The zero-order valence-electron chi connectivity index (χ0n) is 12.5. The molecule has 0 spiro atoms. The van der Waals surface area contributed by atoms with Crippen molar-refractivity contribution in [2.75, 3.05) is 11.4 Å². The van der Waals surface area contributed by atoms with Crippen molar-refractivity contribution < 1.29 is 9.90 Å². The van der Waals surface area contributed by atoms with Crippen LogP contribution in [0.5, 0.6) is 0 Å². The second kappa shape index (κ2) is 6.20. The van der Waals surface area contributed by atoms with Gasteiger partial charge in [0, 0.05) is 12.6 Å². The van der Waals surface area contributed by atoms with Gasteiger partial charge in [-0.05, 0) is 37.7 Å². The molecule has 1 aliphatic carbocycles. The molecule has 1 N–H and O–H groups in total. The quantitative estimate of drug-likeness (QED) is 0.830. The number of aromatic carboxylic acids is 1. The molecular weight excluding hydrogens is 254 g/mol. The lowest BCUT2D eigenvalue weighted by Crippen LogP contribution is -2.30. The molecule has 0 saturated heterocycles. The number of aromatic nitrogens is 2. The minimum atomic E-state index is -0.886. The second-order valence-electron chi connectivity index (χ2n) is 5.26. The Morgan fingerprint density at radius 3 is 2.40 bits per heavy atom. The summed E-state index contributed by atoms with van der Waals surface area (Å²) in [6, 6.07) is 0.444. The van der Waals surface area contributed by atoms with Crippen LogP contribution in [-0.2, 0) is 12.8 Å². The monoisotopic (exact) mass is 277 g/mol. The first kappa shape index (κ1) is 14.8. The zero-order chi connectivity index (χ0) is 14.7. The number of carboxylic acids is 1. The SMILES string of the molecule is CCCN(c1nnc(CC)c(CC)c1C(=O)O)C1CC1. The van der Waals surface area contributed by atoms with Crippen LogP contribution in [0.4, 0.5) is 5.82 Å².